The molecule has 0 spiro atoms. The summed E-state index contributed by atoms with van der Waals surface area (Å²) in [5, 5.41) is 20.8. The normalized spacial score (nSPS) is 19.0. The number of carbonyl (C=O) groups is 2. The van der Waals surface area contributed by atoms with E-state index >= 15 is 0 Å². The van der Waals surface area contributed by atoms with Crippen molar-refractivity contribution in [3.8, 4) is 0 Å². The Morgan fingerprint density at radius 1 is 1.19 bits per heavy atom. The minimum absolute atomic E-state index is 0.108. The average molecular weight is 301 g/mol. The van der Waals surface area contributed by atoms with Crippen LogP contribution in [-0.4, -0.2) is 77.4 Å². The highest BCUT2D eigenvalue weighted by atomic mass is 16.4. The second-order valence-corrected chi connectivity index (χ2v) is 6.49. The summed E-state index contributed by atoms with van der Waals surface area (Å²) in [4.78, 5) is 27.3. The van der Waals surface area contributed by atoms with Gasteiger partial charge in [0.1, 0.15) is 6.04 Å². The van der Waals surface area contributed by atoms with Crippen LogP contribution in [0.1, 0.15) is 27.2 Å². The molecule has 1 atom stereocenters. The number of carbonyl (C=O) groups excluding carboxylic acids is 1. The molecule has 1 rings (SSSR count). The third-order valence-electron chi connectivity index (χ3n) is 3.67. The van der Waals surface area contributed by atoms with Gasteiger partial charge in [0, 0.05) is 26.2 Å². The maximum absolute atomic E-state index is 12.3. The van der Waals surface area contributed by atoms with Crippen LogP contribution < -0.4 is 5.32 Å². The summed E-state index contributed by atoms with van der Waals surface area (Å²) in [6, 6.07) is -1.25. The van der Waals surface area contributed by atoms with E-state index in [1.54, 1.807) is 25.7 Å². The Morgan fingerprint density at radius 2 is 1.86 bits per heavy atom. The highest BCUT2D eigenvalue weighted by molar-refractivity contribution is 5.83. The number of aliphatic hydroxyl groups excluding tert-OH is 1. The van der Waals surface area contributed by atoms with Gasteiger partial charge in [-0.1, -0.05) is 20.8 Å². The first-order valence-corrected chi connectivity index (χ1v) is 7.37. The summed E-state index contributed by atoms with van der Waals surface area (Å²) >= 11 is 0. The Hall–Kier alpha value is -1.34. The van der Waals surface area contributed by atoms with Crippen molar-refractivity contribution in [2.45, 2.75) is 33.2 Å². The number of hydrogen-bond acceptors (Lipinski definition) is 4. The van der Waals surface area contributed by atoms with Gasteiger partial charge in [-0.15, -0.1) is 0 Å². The molecule has 2 amide bonds. The largest absolute Gasteiger partial charge is 0.480 e. The summed E-state index contributed by atoms with van der Waals surface area (Å²) in [5.74, 6) is -1.02. The number of hydrogen-bond donors (Lipinski definition) is 3. The topological polar surface area (TPSA) is 93.1 Å². The van der Waals surface area contributed by atoms with Gasteiger partial charge in [0.25, 0.3) is 0 Å². The molecule has 7 nitrogen and oxygen atoms in total. The fourth-order valence-corrected chi connectivity index (χ4v) is 2.40. The molecular formula is C14H27N3O4. The van der Waals surface area contributed by atoms with Crippen LogP contribution in [0.2, 0.25) is 0 Å². The number of aliphatic hydroxyl groups is 1. The molecule has 0 aromatic carbocycles. The quantitative estimate of drug-likeness (QED) is 0.689. The SMILES string of the molecule is CC(C)(C)C(NC(=O)N1CCCN(CCO)CC1)C(=O)O. The molecule has 7 heteroatoms. The standard InChI is InChI=1S/C14H27N3O4/c1-14(2,3)11(12(19)20)15-13(21)17-6-4-5-16(7-8-17)9-10-18/h11,18H,4-10H2,1-3H3,(H,15,21)(H,19,20). The molecular weight excluding hydrogens is 274 g/mol. The van der Waals surface area contributed by atoms with Crippen LogP contribution in [-0.2, 0) is 4.79 Å². The summed E-state index contributed by atoms with van der Waals surface area (Å²) in [6.45, 7) is 8.76. The van der Waals surface area contributed by atoms with Gasteiger partial charge in [0.05, 0.1) is 6.61 Å². The molecule has 0 aliphatic carbocycles. The zero-order valence-corrected chi connectivity index (χ0v) is 13.1. The van der Waals surface area contributed by atoms with Crippen LogP contribution in [0.4, 0.5) is 4.79 Å². The molecule has 1 aliphatic heterocycles. The minimum atomic E-state index is -1.02. The van der Waals surface area contributed by atoms with Crippen molar-refractivity contribution in [2.24, 2.45) is 5.41 Å². The molecule has 21 heavy (non-hydrogen) atoms. The second-order valence-electron chi connectivity index (χ2n) is 6.49. The van der Waals surface area contributed by atoms with E-state index in [2.05, 4.69) is 10.2 Å². The number of carboxylic acid groups (broad SMARTS) is 1. The molecule has 0 bridgehead atoms. The Balaban J connectivity index is 2.60. The first-order chi connectivity index (χ1) is 9.75. The lowest BCUT2D eigenvalue weighted by Gasteiger charge is -2.30. The van der Waals surface area contributed by atoms with Crippen LogP contribution in [0.15, 0.2) is 0 Å². The number of nitrogens with one attached hydrogen (secondary N) is 1. The molecule has 1 fully saturated rings. The van der Waals surface area contributed by atoms with Crippen molar-refractivity contribution in [2.75, 3.05) is 39.3 Å². The van der Waals surface area contributed by atoms with Crippen LogP contribution in [0.3, 0.4) is 0 Å². The van der Waals surface area contributed by atoms with E-state index < -0.39 is 17.4 Å². The lowest BCUT2D eigenvalue weighted by molar-refractivity contribution is -0.142. The Morgan fingerprint density at radius 3 is 2.38 bits per heavy atom. The number of β-amino-alcohol motifs (C(OH)–C–C–N with tert-alkyl or cyclic N) is 1. The molecule has 0 aromatic heterocycles. The van der Waals surface area contributed by atoms with E-state index in [0.29, 0.717) is 26.2 Å². The van der Waals surface area contributed by atoms with Crippen molar-refractivity contribution in [1.29, 1.82) is 0 Å². The average Bonchev–Trinajstić information content (AvgIpc) is 2.60. The fraction of sp³-hybridized carbons (Fsp3) is 0.857. The zero-order chi connectivity index (χ0) is 16.0. The molecule has 3 N–H and O–H groups in total. The highest BCUT2D eigenvalue weighted by Gasteiger charge is 2.34. The number of rotatable bonds is 4. The second kappa shape index (κ2) is 7.61. The molecule has 0 aromatic rings. The van der Waals surface area contributed by atoms with E-state index in [0.717, 1.165) is 13.0 Å². The van der Waals surface area contributed by atoms with Crippen LogP contribution in [0.25, 0.3) is 0 Å². The molecule has 1 aliphatic rings. The van der Waals surface area contributed by atoms with Crippen LogP contribution >= 0.6 is 0 Å². The van der Waals surface area contributed by atoms with Gasteiger partial charge >= 0.3 is 12.0 Å². The molecule has 0 saturated carbocycles. The van der Waals surface area contributed by atoms with Gasteiger partial charge in [-0.25, -0.2) is 9.59 Å². The summed E-state index contributed by atoms with van der Waals surface area (Å²) < 4.78 is 0. The molecule has 122 valence electrons. The van der Waals surface area contributed by atoms with E-state index in [9.17, 15) is 14.7 Å². The Labute approximate surface area is 125 Å². The summed E-state index contributed by atoms with van der Waals surface area (Å²) in [6.07, 6.45) is 0.820. The third-order valence-corrected chi connectivity index (χ3v) is 3.67. The Bertz CT molecular complexity index is 368. The summed E-state index contributed by atoms with van der Waals surface area (Å²) in [5.41, 5.74) is -0.545. The van der Waals surface area contributed by atoms with Crippen LogP contribution in [0.5, 0.6) is 0 Å². The third kappa shape index (κ3) is 5.51. The lowest BCUT2D eigenvalue weighted by atomic mass is 9.87. The van der Waals surface area contributed by atoms with Gasteiger partial charge in [0.2, 0.25) is 0 Å². The number of nitrogens with zero attached hydrogens (tertiary/aromatic N) is 2. The van der Waals surface area contributed by atoms with Crippen molar-refractivity contribution < 1.29 is 19.8 Å². The molecule has 1 heterocycles. The fourth-order valence-electron chi connectivity index (χ4n) is 2.40. The van der Waals surface area contributed by atoms with Gasteiger partial charge in [-0.05, 0) is 18.4 Å². The molecule has 0 radical (unpaired) electrons. The van der Waals surface area contributed by atoms with Crippen molar-refractivity contribution >= 4 is 12.0 Å². The number of carboxylic acids is 1. The maximum Gasteiger partial charge on any atom is 0.326 e. The first-order valence-electron chi connectivity index (χ1n) is 7.37. The lowest BCUT2D eigenvalue weighted by Crippen LogP contribution is -2.53. The van der Waals surface area contributed by atoms with E-state index in [1.165, 1.54) is 0 Å². The first kappa shape index (κ1) is 17.7. The highest BCUT2D eigenvalue weighted by Crippen LogP contribution is 2.19. The number of aliphatic carboxylic acids is 1. The zero-order valence-electron chi connectivity index (χ0n) is 13.1. The predicted octanol–water partition coefficient (Wildman–Crippen LogP) is 0.195. The number of urea groups is 1. The van der Waals surface area contributed by atoms with Crippen molar-refractivity contribution in [1.82, 2.24) is 15.1 Å². The maximum atomic E-state index is 12.3. The van der Waals surface area contributed by atoms with Crippen molar-refractivity contribution in [3.63, 3.8) is 0 Å². The smallest absolute Gasteiger partial charge is 0.326 e. The van der Waals surface area contributed by atoms with Gasteiger partial charge < -0.3 is 20.4 Å². The molecule has 1 saturated heterocycles. The number of amides is 2. The van der Waals surface area contributed by atoms with Gasteiger partial charge in [0.15, 0.2) is 0 Å². The van der Waals surface area contributed by atoms with Gasteiger partial charge in [-0.2, -0.15) is 0 Å². The summed E-state index contributed by atoms with van der Waals surface area (Å²) in [7, 11) is 0. The van der Waals surface area contributed by atoms with E-state index in [1.807, 2.05) is 0 Å². The van der Waals surface area contributed by atoms with Gasteiger partial charge in [-0.3, -0.25) is 4.90 Å². The van der Waals surface area contributed by atoms with E-state index in [4.69, 9.17) is 5.11 Å². The monoisotopic (exact) mass is 301 g/mol. The minimum Gasteiger partial charge on any atom is -0.480 e. The molecule has 1 unspecified atom stereocenters. The Kier molecular flexibility index (Phi) is 6.42. The van der Waals surface area contributed by atoms with Crippen molar-refractivity contribution in [3.05, 3.63) is 0 Å². The predicted molar refractivity (Wildman–Crippen MR) is 79.1 cm³/mol. The van der Waals surface area contributed by atoms with E-state index in [-0.39, 0.29) is 12.6 Å². The van der Waals surface area contributed by atoms with Crippen LogP contribution in [0, 0.1) is 5.41 Å².